The Hall–Kier alpha value is -0.120. The lowest BCUT2D eigenvalue weighted by molar-refractivity contribution is -0.0941. The van der Waals surface area contributed by atoms with Gasteiger partial charge in [-0.05, 0) is 46.1 Å². The van der Waals surface area contributed by atoms with Crippen LogP contribution in [0.25, 0.3) is 0 Å². The van der Waals surface area contributed by atoms with Crippen LogP contribution in [-0.4, -0.2) is 31.5 Å². The third-order valence-corrected chi connectivity index (χ3v) is 2.71. The Balaban J connectivity index is 2.57. The SMILES string of the molecule is CC(C)OC1(CCN)CCCOCC1. The number of nitrogens with two attached hydrogens (primary N) is 1. The summed E-state index contributed by atoms with van der Waals surface area (Å²) in [5, 5.41) is 0. The number of ether oxygens (including phenoxy) is 2. The zero-order chi connectivity index (χ0) is 10.4. The zero-order valence-corrected chi connectivity index (χ0v) is 9.42. The Morgan fingerprint density at radius 1 is 1.36 bits per heavy atom. The molecular formula is C11H23NO2. The fourth-order valence-corrected chi connectivity index (χ4v) is 2.17. The van der Waals surface area contributed by atoms with Gasteiger partial charge in [0.25, 0.3) is 0 Å². The minimum Gasteiger partial charge on any atom is -0.381 e. The van der Waals surface area contributed by atoms with Crippen molar-refractivity contribution in [2.75, 3.05) is 19.8 Å². The van der Waals surface area contributed by atoms with Crippen molar-refractivity contribution < 1.29 is 9.47 Å². The summed E-state index contributed by atoms with van der Waals surface area (Å²) in [5.74, 6) is 0. The fraction of sp³-hybridized carbons (Fsp3) is 1.00. The van der Waals surface area contributed by atoms with Gasteiger partial charge in [-0.2, -0.15) is 0 Å². The Morgan fingerprint density at radius 2 is 2.14 bits per heavy atom. The first-order chi connectivity index (χ1) is 6.68. The molecule has 0 saturated carbocycles. The van der Waals surface area contributed by atoms with Crippen molar-refractivity contribution in [2.24, 2.45) is 5.73 Å². The van der Waals surface area contributed by atoms with Crippen LogP contribution in [-0.2, 0) is 9.47 Å². The zero-order valence-electron chi connectivity index (χ0n) is 9.42. The number of hydrogen-bond acceptors (Lipinski definition) is 3. The highest BCUT2D eigenvalue weighted by atomic mass is 16.5. The van der Waals surface area contributed by atoms with Crippen LogP contribution in [0.5, 0.6) is 0 Å². The van der Waals surface area contributed by atoms with E-state index >= 15 is 0 Å². The van der Waals surface area contributed by atoms with Crippen molar-refractivity contribution in [2.45, 2.75) is 51.2 Å². The molecule has 0 radical (unpaired) electrons. The van der Waals surface area contributed by atoms with Gasteiger partial charge in [0.2, 0.25) is 0 Å². The maximum atomic E-state index is 6.04. The van der Waals surface area contributed by atoms with Gasteiger partial charge in [-0.3, -0.25) is 0 Å². The van der Waals surface area contributed by atoms with Crippen LogP contribution in [0.1, 0.15) is 39.5 Å². The molecule has 2 N–H and O–H groups in total. The quantitative estimate of drug-likeness (QED) is 0.753. The van der Waals surface area contributed by atoms with Gasteiger partial charge >= 0.3 is 0 Å². The van der Waals surface area contributed by atoms with E-state index in [1.54, 1.807) is 0 Å². The maximum Gasteiger partial charge on any atom is 0.0720 e. The highest BCUT2D eigenvalue weighted by Gasteiger charge is 2.32. The van der Waals surface area contributed by atoms with Crippen molar-refractivity contribution >= 4 is 0 Å². The molecule has 1 aliphatic rings. The molecule has 1 saturated heterocycles. The van der Waals surface area contributed by atoms with Crippen LogP contribution >= 0.6 is 0 Å². The van der Waals surface area contributed by atoms with E-state index in [0.29, 0.717) is 6.54 Å². The number of hydrogen-bond donors (Lipinski definition) is 1. The molecule has 0 aromatic rings. The lowest BCUT2D eigenvalue weighted by Crippen LogP contribution is -2.37. The smallest absolute Gasteiger partial charge is 0.0720 e. The summed E-state index contributed by atoms with van der Waals surface area (Å²) < 4.78 is 11.5. The molecule has 0 aliphatic carbocycles. The van der Waals surface area contributed by atoms with Gasteiger partial charge in [0.05, 0.1) is 11.7 Å². The molecule has 1 atom stereocenters. The molecule has 1 aliphatic heterocycles. The Labute approximate surface area is 86.9 Å². The second kappa shape index (κ2) is 5.69. The van der Waals surface area contributed by atoms with E-state index in [1.165, 1.54) is 0 Å². The molecule has 14 heavy (non-hydrogen) atoms. The third-order valence-electron chi connectivity index (χ3n) is 2.71. The fourth-order valence-electron chi connectivity index (χ4n) is 2.17. The molecule has 0 aromatic heterocycles. The Bertz CT molecular complexity index is 151. The van der Waals surface area contributed by atoms with E-state index in [9.17, 15) is 0 Å². The van der Waals surface area contributed by atoms with Crippen molar-refractivity contribution in [1.82, 2.24) is 0 Å². The van der Waals surface area contributed by atoms with Gasteiger partial charge in [0.15, 0.2) is 0 Å². The minimum atomic E-state index is -0.0145. The van der Waals surface area contributed by atoms with Crippen LogP contribution in [0.15, 0.2) is 0 Å². The van der Waals surface area contributed by atoms with E-state index in [1.807, 2.05) is 0 Å². The summed E-state index contributed by atoms with van der Waals surface area (Å²) >= 11 is 0. The predicted molar refractivity (Wildman–Crippen MR) is 57.3 cm³/mol. The van der Waals surface area contributed by atoms with Crippen LogP contribution in [0.2, 0.25) is 0 Å². The average Bonchev–Trinajstić information content (AvgIpc) is 2.30. The lowest BCUT2D eigenvalue weighted by Gasteiger charge is -2.34. The number of rotatable bonds is 4. The molecule has 0 amide bonds. The van der Waals surface area contributed by atoms with Crippen LogP contribution in [0.4, 0.5) is 0 Å². The van der Waals surface area contributed by atoms with Crippen molar-refractivity contribution in [3.05, 3.63) is 0 Å². The third kappa shape index (κ3) is 3.56. The first-order valence-corrected chi connectivity index (χ1v) is 5.64. The molecule has 1 unspecified atom stereocenters. The topological polar surface area (TPSA) is 44.5 Å². The molecule has 0 bridgehead atoms. The van der Waals surface area contributed by atoms with E-state index in [2.05, 4.69) is 13.8 Å². The first kappa shape index (κ1) is 12.0. The van der Waals surface area contributed by atoms with Crippen molar-refractivity contribution in [3.63, 3.8) is 0 Å². The minimum absolute atomic E-state index is 0.0145. The summed E-state index contributed by atoms with van der Waals surface area (Å²) in [7, 11) is 0. The lowest BCUT2D eigenvalue weighted by atomic mass is 9.90. The average molecular weight is 201 g/mol. The molecular weight excluding hydrogens is 178 g/mol. The Morgan fingerprint density at radius 3 is 2.79 bits per heavy atom. The van der Waals surface area contributed by atoms with E-state index < -0.39 is 0 Å². The summed E-state index contributed by atoms with van der Waals surface area (Å²) in [6.07, 6.45) is 4.39. The standard InChI is InChI=1S/C11H23NO2/c1-10(2)14-11(5-7-12)4-3-8-13-9-6-11/h10H,3-9,12H2,1-2H3. The second-order valence-electron chi connectivity index (χ2n) is 4.35. The molecule has 1 rings (SSSR count). The highest BCUT2D eigenvalue weighted by Crippen LogP contribution is 2.30. The van der Waals surface area contributed by atoms with Crippen LogP contribution < -0.4 is 5.73 Å². The monoisotopic (exact) mass is 201 g/mol. The van der Waals surface area contributed by atoms with Gasteiger partial charge in [0, 0.05) is 13.2 Å². The summed E-state index contributed by atoms with van der Waals surface area (Å²) in [6.45, 7) is 6.56. The molecule has 0 aromatic carbocycles. The van der Waals surface area contributed by atoms with Gasteiger partial charge in [-0.25, -0.2) is 0 Å². The Kier molecular flexibility index (Phi) is 4.85. The molecule has 1 fully saturated rings. The van der Waals surface area contributed by atoms with Crippen molar-refractivity contribution in [1.29, 1.82) is 0 Å². The van der Waals surface area contributed by atoms with Gasteiger partial charge in [0.1, 0.15) is 0 Å². The highest BCUT2D eigenvalue weighted by molar-refractivity contribution is 4.83. The molecule has 1 heterocycles. The van der Waals surface area contributed by atoms with E-state index in [-0.39, 0.29) is 11.7 Å². The van der Waals surface area contributed by atoms with Crippen LogP contribution in [0.3, 0.4) is 0 Å². The summed E-state index contributed by atoms with van der Waals surface area (Å²) in [6, 6.07) is 0. The second-order valence-corrected chi connectivity index (χ2v) is 4.35. The summed E-state index contributed by atoms with van der Waals surface area (Å²) in [4.78, 5) is 0. The molecule has 3 heteroatoms. The molecule has 84 valence electrons. The molecule has 0 spiro atoms. The van der Waals surface area contributed by atoms with Crippen molar-refractivity contribution in [3.8, 4) is 0 Å². The van der Waals surface area contributed by atoms with Gasteiger partial charge < -0.3 is 15.2 Å². The van der Waals surface area contributed by atoms with Gasteiger partial charge in [-0.15, -0.1) is 0 Å². The molecule has 3 nitrogen and oxygen atoms in total. The van der Waals surface area contributed by atoms with E-state index in [4.69, 9.17) is 15.2 Å². The first-order valence-electron chi connectivity index (χ1n) is 5.64. The van der Waals surface area contributed by atoms with Gasteiger partial charge in [-0.1, -0.05) is 0 Å². The normalized spacial score (nSPS) is 29.1. The maximum absolute atomic E-state index is 6.04. The van der Waals surface area contributed by atoms with E-state index in [0.717, 1.165) is 38.9 Å². The largest absolute Gasteiger partial charge is 0.381 e. The predicted octanol–water partition coefficient (Wildman–Crippen LogP) is 1.70. The summed E-state index contributed by atoms with van der Waals surface area (Å²) in [5.41, 5.74) is 5.64. The van der Waals surface area contributed by atoms with Crippen LogP contribution in [0, 0.1) is 0 Å².